The van der Waals surface area contributed by atoms with Crippen LogP contribution in [0.2, 0.25) is 0 Å². The summed E-state index contributed by atoms with van der Waals surface area (Å²) >= 11 is 0. The normalized spacial score (nSPS) is 10.9. The van der Waals surface area contributed by atoms with Crippen molar-refractivity contribution in [3.8, 4) is 34.7 Å². The van der Waals surface area contributed by atoms with E-state index in [0.29, 0.717) is 22.3 Å². The predicted octanol–water partition coefficient (Wildman–Crippen LogP) is 2.67. The summed E-state index contributed by atoms with van der Waals surface area (Å²) in [7, 11) is 0. The minimum Gasteiger partial charge on any atom is -0.502 e. The van der Waals surface area contributed by atoms with Crippen LogP contribution in [0.3, 0.4) is 0 Å². The highest BCUT2D eigenvalue weighted by Gasteiger charge is 2.19. The van der Waals surface area contributed by atoms with Crippen molar-refractivity contribution in [2.75, 3.05) is 6.61 Å². The Bertz CT molecular complexity index is 1170. The van der Waals surface area contributed by atoms with Crippen molar-refractivity contribution < 1.29 is 19.7 Å². The van der Waals surface area contributed by atoms with E-state index < -0.39 is 17.6 Å². The molecule has 4 rings (SSSR count). The molecule has 3 N–H and O–H groups in total. The van der Waals surface area contributed by atoms with Crippen LogP contribution in [-0.4, -0.2) is 47.7 Å². The third-order valence-electron chi connectivity index (χ3n) is 3.98. The molecule has 0 atom stereocenters. The van der Waals surface area contributed by atoms with E-state index in [4.69, 9.17) is 4.74 Å². The standard InChI is InChI=1S/C19H15N5O4/c1-2-28-19(27)10-6-7-11-13(9-10)22-17(21-11)14-15(25)18(26)24-16(23-14)12-5-3-4-8-20-12/h3-9,25H,2H2,1H3,(H,21,22)(H,23,24,26). The molecule has 0 saturated carbocycles. The van der Waals surface area contributed by atoms with E-state index in [9.17, 15) is 15.0 Å². The number of benzene rings is 1. The Labute approximate surface area is 158 Å². The Kier molecular flexibility index (Phi) is 4.32. The van der Waals surface area contributed by atoms with Crippen molar-refractivity contribution >= 4 is 17.0 Å². The van der Waals surface area contributed by atoms with Crippen molar-refractivity contribution in [3.63, 3.8) is 0 Å². The Balaban J connectivity index is 1.81. The van der Waals surface area contributed by atoms with Gasteiger partial charge in [0.25, 0.3) is 5.88 Å². The number of hydrogen-bond donors (Lipinski definition) is 3. The molecular weight excluding hydrogens is 362 g/mol. The van der Waals surface area contributed by atoms with Crippen molar-refractivity contribution in [2.45, 2.75) is 6.92 Å². The second-order valence-electron chi connectivity index (χ2n) is 5.82. The molecule has 0 spiro atoms. The topological polar surface area (TPSA) is 134 Å². The number of fused-ring (bicyclic) bond motifs is 1. The first-order valence-corrected chi connectivity index (χ1v) is 8.45. The number of nitrogens with zero attached hydrogens (tertiary/aromatic N) is 4. The van der Waals surface area contributed by atoms with E-state index in [2.05, 4.69) is 24.9 Å². The Morgan fingerprint density at radius 3 is 2.75 bits per heavy atom. The minimum absolute atomic E-state index is 0.0158. The Morgan fingerprint density at radius 2 is 2.00 bits per heavy atom. The lowest BCUT2D eigenvalue weighted by Crippen LogP contribution is -2.04. The number of ether oxygens (including phenoxy) is 1. The molecule has 0 radical (unpaired) electrons. The largest absolute Gasteiger partial charge is 0.502 e. The van der Waals surface area contributed by atoms with Crippen LogP contribution in [0.1, 0.15) is 17.3 Å². The fourth-order valence-electron chi connectivity index (χ4n) is 2.68. The third-order valence-corrected chi connectivity index (χ3v) is 3.98. The van der Waals surface area contributed by atoms with Crippen LogP contribution in [0.15, 0.2) is 42.6 Å². The van der Waals surface area contributed by atoms with Gasteiger partial charge in [0.05, 0.1) is 23.2 Å². The van der Waals surface area contributed by atoms with Crippen molar-refractivity contribution in [1.29, 1.82) is 0 Å². The van der Waals surface area contributed by atoms with Gasteiger partial charge in [0, 0.05) is 6.20 Å². The number of rotatable bonds is 4. The molecule has 0 amide bonds. The summed E-state index contributed by atoms with van der Waals surface area (Å²) < 4.78 is 4.99. The van der Waals surface area contributed by atoms with E-state index in [-0.39, 0.29) is 23.9 Å². The molecule has 3 aromatic heterocycles. The first kappa shape index (κ1) is 17.4. The number of carbonyl (C=O) groups excluding carboxylic acids is 1. The molecule has 140 valence electrons. The second kappa shape index (κ2) is 6.95. The zero-order valence-electron chi connectivity index (χ0n) is 14.7. The number of aromatic hydroxyl groups is 2. The fourth-order valence-corrected chi connectivity index (χ4v) is 2.68. The van der Waals surface area contributed by atoms with Crippen molar-refractivity contribution in [1.82, 2.24) is 24.9 Å². The van der Waals surface area contributed by atoms with Crippen LogP contribution in [0.25, 0.3) is 34.1 Å². The second-order valence-corrected chi connectivity index (χ2v) is 5.82. The lowest BCUT2D eigenvalue weighted by molar-refractivity contribution is 0.0526. The molecule has 9 nitrogen and oxygen atoms in total. The molecule has 0 aliphatic carbocycles. The highest BCUT2D eigenvalue weighted by molar-refractivity contribution is 5.94. The third kappa shape index (κ3) is 3.09. The number of aromatic nitrogens is 5. The van der Waals surface area contributed by atoms with Gasteiger partial charge in [0.1, 0.15) is 5.69 Å². The van der Waals surface area contributed by atoms with Gasteiger partial charge in [-0.3, -0.25) is 4.98 Å². The van der Waals surface area contributed by atoms with Crippen LogP contribution in [0.5, 0.6) is 11.6 Å². The fraction of sp³-hybridized carbons (Fsp3) is 0.105. The zero-order valence-corrected chi connectivity index (χ0v) is 14.7. The lowest BCUT2D eigenvalue weighted by atomic mass is 10.2. The molecule has 0 aliphatic heterocycles. The van der Waals surface area contributed by atoms with Crippen molar-refractivity contribution in [2.24, 2.45) is 0 Å². The lowest BCUT2D eigenvalue weighted by Gasteiger charge is -2.05. The molecule has 3 heterocycles. The van der Waals surface area contributed by atoms with Gasteiger partial charge >= 0.3 is 5.97 Å². The first-order chi connectivity index (χ1) is 13.6. The maximum Gasteiger partial charge on any atom is 0.338 e. The number of hydrogen-bond acceptors (Lipinski definition) is 8. The average Bonchev–Trinajstić information content (AvgIpc) is 3.13. The van der Waals surface area contributed by atoms with Crippen LogP contribution in [0, 0.1) is 0 Å². The highest BCUT2D eigenvalue weighted by atomic mass is 16.5. The number of imidazole rings is 1. The summed E-state index contributed by atoms with van der Waals surface area (Å²) in [5.74, 6) is -1.20. The highest BCUT2D eigenvalue weighted by Crippen LogP contribution is 2.34. The van der Waals surface area contributed by atoms with E-state index in [1.165, 1.54) is 0 Å². The summed E-state index contributed by atoms with van der Waals surface area (Å²) in [5.41, 5.74) is 1.91. The monoisotopic (exact) mass is 377 g/mol. The van der Waals surface area contributed by atoms with Crippen molar-refractivity contribution in [3.05, 3.63) is 48.2 Å². The van der Waals surface area contributed by atoms with E-state index in [1.54, 1.807) is 49.5 Å². The van der Waals surface area contributed by atoms with E-state index >= 15 is 0 Å². The summed E-state index contributed by atoms with van der Waals surface area (Å²) in [5, 5.41) is 20.3. The van der Waals surface area contributed by atoms with E-state index in [0.717, 1.165) is 0 Å². The molecule has 9 heteroatoms. The zero-order chi connectivity index (χ0) is 19.7. The molecule has 4 aromatic rings. The SMILES string of the molecule is CCOC(=O)c1ccc2[nH]c(-c3nc(-c4ccccn4)nc(O)c3O)nc2c1. The summed E-state index contributed by atoms with van der Waals surface area (Å²) in [4.78, 5) is 31.6. The number of pyridine rings is 1. The van der Waals surface area contributed by atoms with Gasteiger partial charge in [0.15, 0.2) is 17.3 Å². The number of aromatic amines is 1. The number of H-pyrrole nitrogens is 1. The molecule has 0 saturated heterocycles. The molecule has 0 unspecified atom stereocenters. The van der Waals surface area contributed by atoms with Crippen LogP contribution < -0.4 is 0 Å². The molecular formula is C19H15N5O4. The Morgan fingerprint density at radius 1 is 1.14 bits per heavy atom. The first-order valence-electron chi connectivity index (χ1n) is 8.45. The number of carbonyl (C=O) groups is 1. The smallest absolute Gasteiger partial charge is 0.338 e. The van der Waals surface area contributed by atoms with Gasteiger partial charge in [-0.05, 0) is 37.3 Å². The molecule has 0 aliphatic rings. The number of nitrogens with one attached hydrogen (secondary N) is 1. The van der Waals surface area contributed by atoms with Crippen LogP contribution in [-0.2, 0) is 4.74 Å². The van der Waals surface area contributed by atoms with E-state index in [1.807, 2.05) is 0 Å². The maximum absolute atomic E-state index is 11.9. The van der Waals surface area contributed by atoms with Gasteiger partial charge < -0.3 is 19.9 Å². The van der Waals surface area contributed by atoms with Gasteiger partial charge in [-0.2, -0.15) is 4.98 Å². The minimum atomic E-state index is -0.585. The summed E-state index contributed by atoms with van der Waals surface area (Å²) in [6.07, 6.45) is 1.57. The molecule has 0 fully saturated rings. The molecule has 28 heavy (non-hydrogen) atoms. The number of esters is 1. The summed E-state index contributed by atoms with van der Waals surface area (Å²) in [6, 6.07) is 10.0. The molecule has 1 aromatic carbocycles. The van der Waals surface area contributed by atoms with Gasteiger partial charge in [-0.1, -0.05) is 6.07 Å². The quantitative estimate of drug-likeness (QED) is 0.462. The van der Waals surface area contributed by atoms with Gasteiger partial charge in [0.2, 0.25) is 5.75 Å². The van der Waals surface area contributed by atoms with Gasteiger partial charge in [-0.25, -0.2) is 14.8 Å². The predicted molar refractivity (Wildman–Crippen MR) is 99.6 cm³/mol. The van der Waals surface area contributed by atoms with Gasteiger partial charge in [-0.15, -0.1) is 0 Å². The maximum atomic E-state index is 11.9. The Hall–Kier alpha value is -4.01. The van der Waals surface area contributed by atoms with Crippen LogP contribution in [0.4, 0.5) is 0 Å². The average molecular weight is 377 g/mol. The van der Waals surface area contributed by atoms with Crippen LogP contribution >= 0.6 is 0 Å². The molecule has 0 bridgehead atoms. The summed E-state index contributed by atoms with van der Waals surface area (Å²) in [6.45, 7) is 2.00.